The first-order chi connectivity index (χ1) is 21.2. The van der Waals surface area contributed by atoms with Crippen LogP contribution < -0.4 is 0 Å². The van der Waals surface area contributed by atoms with E-state index in [0.717, 1.165) is 17.0 Å². The normalized spacial score (nSPS) is 23.9. The van der Waals surface area contributed by atoms with Crippen molar-refractivity contribution in [3.8, 4) is 0 Å². The van der Waals surface area contributed by atoms with Crippen LogP contribution in [0.15, 0.2) is 16.6 Å². The Morgan fingerprint density at radius 1 is 1.07 bits per heavy atom. The van der Waals surface area contributed by atoms with E-state index in [2.05, 4.69) is 25.9 Å². The zero-order chi connectivity index (χ0) is 32.7. The van der Waals surface area contributed by atoms with Crippen LogP contribution in [0.4, 0.5) is 0 Å². The number of aromatic nitrogens is 4. The summed E-state index contributed by atoms with van der Waals surface area (Å²) in [6, 6.07) is 3.31. The Hall–Kier alpha value is -3.67. The molecule has 0 saturated heterocycles. The molecule has 0 saturated carbocycles. The molecular weight excluding hydrogens is 640 g/mol. The number of H-pyrrole nitrogens is 2. The Balaban J connectivity index is 1.81. The molecule has 0 aromatic carbocycles. The van der Waals surface area contributed by atoms with Crippen LogP contribution >= 0.6 is 15.9 Å². The molecule has 10 nitrogen and oxygen atoms in total. The monoisotopic (exact) mass is 676 g/mol. The molecule has 0 radical (unpaired) electrons. The molecule has 0 amide bonds. The molecule has 45 heavy (non-hydrogen) atoms. The Labute approximate surface area is 268 Å². The number of hydrogen-bond donors (Lipinski definition) is 4. The van der Waals surface area contributed by atoms with E-state index in [0.29, 0.717) is 55.2 Å². The summed E-state index contributed by atoms with van der Waals surface area (Å²) in [4.78, 5) is 55.5. The second kappa shape index (κ2) is 10.7. The molecule has 5 heterocycles. The lowest BCUT2D eigenvalue weighted by molar-refractivity contribution is -0.148. The van der Waals surface area contributed by atoms with Gasteiger partial charge in [-0.2, -0.15) is 0 Å². The second-order valence-electron chi connectivity index (χ2n) is 12.6. The molecule has 4 N–H and O–H groups in total. The fraction of sp³-hybridized carbons (Fsp3) is 0.441. The first kappa shape index (κ1) is 31.3. The number of nitrogens with zero attached hydrogens (tertiary/aromatic N) is 2. The highest BCUT2D eigenvalue weighted by Crippen LogP contribution is 2.48. The highest BCUT2D eigenvalue weighted by molar-refractivity contribution is 9.10. The van der Waals surface area contributed by atoms with Crippen LogP contribution in [-0.2, 0) is 27.2 Å². The molecule has 0 unspecified atom stereocenters. The van der Waals surface area contributed by atoms with Crippen molar-refractivity contribution in [2.45, 2.75) is 90.3 Å². The Kier molecular flexibility index (Phi) is 7.45. The van der Waals surface area contributed by atoms with Gasteiger partial charge in [0.1, 0.15) is 11.2 Å². The highest BCUT2D eigenvalue weighted by atomic mass is 79.9. The SMILES string of the molecule is CC[C@]1(O)c2cc3[nH]c4c(c5nc(c(Br)c6[nH]c(cc(n2)[C@@]1(C)O)c(C(C)=O)c6C)[C@@H](C)[C@@H]5CCC(=O)OC)CC(=O)c4c3C. The quantitative estimate of drug-likeness (QED) is 0.190. The molecule has 0 fully saturated rings. The highest BCUT2D eigenvalue weighted by Gasteiger charge is 2.53. The van der Waals surface area contributed by atoms with Gasteiger partial charge in [-0.25, -0.2) is 0 Å². The number of aromatic amines is 2. The van der Waals surface area contributed by atoms with Gasteiger partial charge in [-0.1, -0.05) is 13.8 Å². The summed E-state index contributed by atoms with van der Waals surface area (Å²) in [6.07, 6.45) is 0.979. The van der Waals surface area contributed by atoms with E-state index in [1.165, 1.54) is 21.0 Å². The fourth-order valence-corrected chi connectivity index (χ4v) is 8.22. The van der Waals surface area contributed by atoms with E-state index >= 15 is 0 Å². The van der Waals surface area contributed by atoms with Crippen LogP contribution in [0.2, 0.25) is 0 Å². The fourth-order valence-electron chi connectivity index (χ4n) is 7.38. The molecule has 8 bridgehead atoms. The third-order valence-corrected chi connectivity index (χ3v) is 11.0. The van der Waals surface area contributed by atoms with E-state index in [-0.39, 0.29) is 60.0 Å². The maximum atomic E-state index is 13.5. The van der Waals surface area contributed by atoms with Gasteiger partial charge < -0.3 is 24.9 Å². The summed E-state index contributed by atoms with van der Waals surface area (Å²) >= 11 is 3.80. The van der Waals surface area contributed by atoms with E-state index in [4.69, 9.17) is 14.7 Å². The van der Waals surface area contributed by atoms with Gasteiger partial charge >= 0.3 is 5.97 Å². The summed E-state index contributed by atoms with van der Waals surface area (Å²) < 4.78 is 5.59. The Morgan fingerprint density at radius 2 is 1.73 bits per heavy atom. The number of nitrogens with one attached hydrogen (secondary N) is 2. The molecule has 4 atom stereocenters. The van der Waals surface area contributed by atoms with Gasteiger partial charge in [0.25, 0.3) is 0 Å². The van der Waals surface area contributed by atoms with E-state index in [1.54, 1.807) is 19.1 Å². The maximum absolute atomic E-state index is 13.5. The average Bonchev–Trinajstić information content (AvgIpc) is 3.73. The van der Waals surface area contributed by atoms with Crippen LogP contribution in [0.25, 0.3) is 22.1 Å². The van der Waals surface area contributed by atoms with Gasteiger partial charge in [-0.15, -0.1) is 0 Å². The number of aryl methyl sites for hydroxylation is 2. The molecule has 6 rings (SSSR count). The number of carbonyl (C=O) groups excluding carboxylic acids is 3. The second-order valence-corrected chi connectivity index (χ2v) is 13.4. The van der Waals surface area contributed by atoms with Crippen molar-refractivity contribution in [3.63, 3.8) is 0 Å². The predicted octanol–water partition coefficient (Wildman–Crippen LogP) is 5.98. The van der Waals surface area contributed by atoms with Crippen LogP contribution in [0, 0.1) is 13.8 Å². The minimum atomic E-state index is -1.79. The maximum Gasteiger partial charge on any atom is 0.305 e. The lowest BCUT2D eigenvalue weighted by Crippen LogP contribution is -2.43. The average molecular weight is 678 g/mol. The molecule has 2 aliphatic heterocycles. The molecule has 11 heteroatoms. The number of ether oxygens (including phenoxy) is 1. The lowest BCUT2D eigenvalue weighted by Gasteiger charge is -2.34. The molecule has 3 aromatic heterocycles. The summed E-state index contributed by atoms with van der Waals surface area (Å²) in [5.41, 5.74) is 3.89. The van der Waals surface area contributed by atoms with Crippen molar-refractivity contribution in [1.29, 1.82) is 0 Å². The third-order valence-electron chi connectivity index (χ3n) is 10.1. The van der Waals surface area contributed by atoms with Crippen molar-refractivity contribution in [3.05, 3.63) is 67.2 Å². The van der Waals surface area contributed by atoms with Gasteiger partial charge in [-0.3, -0.25) is 24.4 Å². The lowest BCUT2D eigenvalue weighted by atomic mass is 9.80. The van der Waals surface area contributed by atoms with Crippen LogP contribution in [0.1, 0.15) is 119 Å². The zero-order valence-corrected chi connectivity index (χ0v) is 28.0. The number of ketones is 2. The number of esters is 1. The number of rotatable bonds is 5. The minimum Gasteiger partial charge on any atom is -0.469 e. The summed E-state index contributed by atoms with van der Waals surface area (Å²) in [7, 11) is 1.36. The number of hydrogen-bond acceptors (Lipinski definition) is 8. The van der Waals surface area contributed by atoms with Gasteiger partial charge in [0.05, 0.1) is 50.9 Å². The van der Waals surface area contributed by atoms with Crippen LogP contribution in [0.3, 0.4) is 0 Å². The van der Waals surface area contributed by atoms with Gasteiger partial charge in [0.2, 0.25) is 0 Å². The summed E-state index contributed by atoms with van der Waals surface area (Å²) in [5, 5.41) is 23.7. The third kappa shape index (κ3) is 4.45. The van der Waals surface area contributed by atoms with Crippen LogP contribution in [-0.4, -0.2) is 54.8 Å². The Bertz CT molecular complexity index is 1990. The smallest absolute Gasteiger partial charge is 0.305 e. The largest absolute Gasteiger partial charge is 0.469 e. The molecule has 1 aliphatic carbocycles. The predicted molar refractivity (Wildman–Crippen MR) is 172 cm³/mol. The zero-order valence-electron chi connectivity index (χ0n) is 26.4. The standard InChI is InChI=1S/C34H37BrN4O6/c1-8-34(44)24-12-20-15(3)27-22(41)11-19(32(27)36-20)31-18(9-10-25(42)45-7)14(2)29(39-31)28(35)30-16(4)26(17(5)40)21(37-30)13-23(38-24)33(34,6)43/h12-14,18,36-37,43-44H,8-11H2,1-7H3/t14-,18-,33+,34-/m0/s1. The van der Waals surface area contributed by atoms with Crippen molar-refractivity contribution in [2.24, 2.45) is 0 Å². The van der Waals surface area contributed by atoms with Crippen molar-refractivity contribution >= 4 is 55.5 Å². The Morgan fingerprint density at radius 3 is 2.38 bits per heavy atom. The first-order valence-corrected chi connectivity index (χ1v) is 16.0. The molecular formula is C34H37BrN4O6. The number of aliphatic hydroxyl groups is 2. The van der Waals surface area contributed by atoms with E-state index in [9.17, 15) is 24.6 Å². The summed E-state index contributed by atoms with van der Waals surface area (Å²) in [5.74, 6) is -0.870. The molecule has 3 aromatic rings. The molecule has 3 aliphatic rings. The number of Topliss-reactive ketones (excluding diaryl/α,β-unsaturated/α-hetero) is 2. The summed E-state index contributed by atoms with van der Waals surface area (Å²) in [6.45, 7) is 10.5. The van der Waals surface area contributed by atoms with Crippen LogP contribution in [0.5, 0.6) is 0 Å². The van der Waals surface area contributed by atoms with Crippen molar-refractivity contribution in [1.82, 2.24) is 19.9 Å². The minimum absolute atomic E-state index is 0.0456. The number of methoxy groups -OCH3 is 1. The van der Waals surface area contributed by atoms with E-state index in [1.807, 2.05) is 20.8 Å². The first-order valence-electron chi connectivity index (χ1n) is 15.2. The number of halogens is 1. The number of fused-ring (bicyclic) bond motifs is 8. The van der Waals surface area contributed by atoms with Gasteiger partial charge in [-0.05, 0) is 79.7 Å². The topological polar surface area (TPSA) is 158 Å². The van der Waals surface area contributed by atoms with Gasteiger partial charge in [0.15, 0.2) is 11.6 Å². The number of carbonyl (C=O) groups is 3. The van der Waals surface area contributed by atoms with Gasteiger partial charge in [0, 0.05) is 46.9 Å². The van der Waals surface area contributed by atoms with E-state index < -0.39 is 11.2 Å². The molecule has 236 valence electrons. The molecule has 0 spiro atoms. The van der Waals surface area contributed by atoms with Crippen molar-refractivity contribution < 1.29 is 29.3 Å². The van der Waals surface area contributed by atoms with Crippen molar-refractivity contribution in [2.75, 3.05) is 7.11 Å².